The van der Waals surface area contributed by atoms with E-state index in [-0.39, 0.29) is 5.41 Å². The van der Waals surface area contributed by atoms with Gasteiger partial charge in [0.15, 0.2) is 5.82 Å². The molecule has 0 aliphatic carbocycles. The fraction of sp³-hybridized carbons (Fsp3) is 0.250. The van der Waals surface area contributed by atoms with E-state index in [1.807, 2.05) is 28.8 Å². The summed E-state index contributed by atoms with van der Waals surface area (Å²) >= 11 is 7.52. The van der Waals surface area contributed by atoms with E-state index in [0.29, 0.717) is 0 Å². The van der Waals surface area contributed by atoms with Crippen molar-refractivity contribution in [3.05, 3.63) is 69.7 Å². The van der Waals surface area contributed by atoms with Crippen LogP contribution in [0.5, 0.6) is 0 Å². The minimum absolute atomic E-state index is 0.130. The molecule has 0 aliphatic heterocycles. The second-order valence-corrected chi connectivity index (χ2v) is 8.82. The Hall–Kier alpha value is -2.24. The fourth-order valence-electron chi connectivity index (χ4n) is 2.80. The van der Waals surface area contributed by atoms with E-state index < -0.39 is 0 Å². The van der Waals surface area contributed by atoms with Crippen molar-refractivity contribution in [3.63, 3.8) is 0 Å². The number of aromatic nitrogens is 4. The molecule has 2 aromatic carbocycles. The van der Waals surface area contributed by atoms with E-state index in [9.17, 15) is 0 Å². The summed E-state index contributed by atoms with van der Waals surface area (Å²) in [6.07, 6.45) is 0.758. The molecule has 26 heavy (non-hydrogen) atoms. The van der Waals surface area contributed by atoms with Gasteiger partial charge in [-0.1, -0.05) is 80.1 Å². The molecule has 0 spiro atoms. The number of hydrogen-bond acceptors (Lipinski definition) is 4. The first-order valence-corrected chi connectivity index (χ1v) is 9.66. The molecular weight excluding hydrogens is 364 g/mol. The Labute approximate surface area is 161 Å². The van der Waals surface area contributed by atoms with Crippen LogP contribution in [0.15, 0.2) is 48.5 Å². The fourth-order valence-corrected chi connectivity index (χ4v) is 3.80. The predicted molar refractivity (Wildman–Crippen MR) is 107 cm³/mol. The third-order valence-corrected chi connectivity index (χ3v) is 5.46. The first-order valence-electron chi connectivity index (χ1n) is 8.47. The summed E-state index contributed by atoms with van der Waals surface area (Å²) in [5.41, 5.74) is 3.62. The summed E-state index contributed by atoms with van der Waals surface area (Å²) in [6.45, 7) is 6.63. The number of halogens is 1. The first kappa shape index (κ1) is 17.2. The van der Waals surface area contributed by atoms with Gasteiger partial charge in [0.2, 0.25) is 4.96 Å². The van der Waals surface area contributed by atoms with E-state index in [2.05, 4.69) is 55.2 Å². The van der Waals surface area contributed by atoms with E-state index >= 15 is 0 Å². The summed E-state index contributed by atoms with van der Waals surface area (Å²) in [5, 5.41) is 15.1. The molecule has 4 aromatic rings. The van der Waals surface area contributed by atoms with Crippen molar-refractivity contribution in [2.75, 3.05) is 0 Å². The Bertz CT molecular complexity index is 1040. The van der Waals surface area contributed by atoms with Gasteiger partial charge in [-0.05, 0) is 28.7 Å². The number of benzene rings is 2. The Morgan fingerprint density at radius 1 is 0.962 bits per heavy atom. The zero-order valence-electron chi connectivity index (χ0n) is 14.9. The summed E-state index contributed by atoms with van der Waals surface area (Å²) in [7, 11) is 0. The summed E-state index contributed by atoms with van der Waals surface area (Å²) in [4.78, 5) is 0.809. The van der Waals surface area contributed by atoms with Gasteiger partial charge in [0.05, 0.1) is 0 Å². The Kier molecular flexibility index (Phi) is 4.29. The highest BCUT2D eigenvalue weighted by Gasteiger charge is 2.16. The zero-order chi connectivity index (χ0) is 18.3. The van der Waals surface area contributed by atoms with Crippen molar-refractivity contribution >= 4 is 27.9 Å². The lowest BCUT2D eigenvalue weighted by Crippen LogP contribution is -2.10. The van der Waals surface area contributed by atoms with Gasteiger partial charge in [-0.15, -0.1) is 10.2 Å². The molecule has 132 valence electrons. The van der Waals surface area contributed by atoms with Gasteiger partial charge in [0.1, 0.15) is 5.01 Å². The number of fused-ring (bicyclic) bond motifs is 1. The molecule has 0 N–H and O–H groups in total. The maximum Gasteiger partial charge on any atom is 0.234 e. The monoisotopic (exact) mass is 382 g/mol. The minimum Gasteiger partial charge on any atom is -0.183 e. The highest BCUT2D eigenvalue weighted by molar-refractivity contribution is 7.16. The van der Waals surface area contributed by atoms with Gasteiger partial charge < -0.3 is 0 Å². The van der Waals surface area contributed by atoms with Crippen LogP contribution in [0.3, 0.4) is 0 Å². The van der Waals surface area contributed by atoms with Crippen LogP contribution in [0.25, 0.3) is 16.3 Å². The SMILES string of the molecule is CC(C)(C)c1ccc(-c2nnc3sc(Cc4ccc(Cl)cc4)nn23)cc1. The zero-order valence-corrected chi connectivity index (χ0v) is 16.5. The second kappa shape index (κ2) is 6.49. The van der Waals surface area contributed by atoms with Crippen LogP contribution in [-0.4, -0.2) is 19.8 Å². The van der Waals surface area contributed by atoms with Crippen molar-refractivity contribution in [1.29, 1.82) is 0 Å². The van der Waals surface area contributed by atoms with Gasteiger partial charge in [-0.25, -0.2) is 0 Å². The van der Waals surface area contributed by atoms with Crippen molar-refractivity contribution in [3.8, 4) is 11.4 Å². The summed E-state index contributed by atoms with van der Waals surface area (Å²) in [6, 6.07) is 16.3. The van der Waals surface area contributed by atoms with Gasteiger partial charge >= 0.3 is 0 Å². The van der Waals surface area contributed by atoms with Crippen molar-refractivity contribution in [1.82, 2.24) is 19.8 Å². The maximum atomic E-state index is 5.95. The molecule has 0 aliphatic rings. The topological polar surface area (TPSA) is 43.1 Å². The smallest absolute Gasteiger partial charge is 0.183 e. The third-order valence-electron chi connectivity index (χ3n) is 4.31. The molecule has 0 radical (unpaired) electrons. The lowest BCUT2D eigenvalue weighted by Gasteiger charge is -2.18. The van der Waals surface area contributed by atoms with Crippen molar-refractivity contribution in [2.45, 2.75) is 32.6 Å². The quantitative estimate of drug-likeness (QED) is 0.476. The van der Waals surface area contributed by atoms with Crippen LogP contribution in [0.4, 0.5) is 0 Å². The molecule has 4 nitrogen and oxygen atoms in total. The summed E-state index contributed by atoms with van der Waals surface area (Å²) < 4.78 is 1.84. The lowest BCUT2D eigenvalue weighted by molar-refractivity contribution is 0.590. The van der Waals surface area contributed by atoms with Gasteiger partial charge in [0, 0.05) is 17.0 Å². The molecule has 0 saturated carbocycles. The van der Waals surface area contributed by atoms with E-state index in [4.69, 9.17) is 16.7 Å². The van der Waals surface area contributed by atoms with Crippen LogP contribution in [0, 0.1) is 0 Å². The van der Waals surface area contributed by atoms with Gasteiger partial charge in [-0.2, -0.15) is 9.61 Å². The molecule has 0 fully saturated rings. The average Bonchev–Trinajstić information content (AvgIpc) is 3.16. The molecule has 0 saturated heterocycles. The Morgan fingerprint density at radius 2 is 1.65 bits per heavy atom. The van der Waals surface area contributed by atoms with Crippen LogP contribution < -0.4 is 0 Å². The molecular formula is C20H19ClN4S. The molecule has 0 amide bonds. The van der Waals surface area contributed by atoms with Gasteiger partial charge in [0.25, 0.3) is 0 Å². The Balaban J connectivity index is 1.64. The molecule has 0 atom stereocenters. The van der Waals surface area contributed by atoms with Crippen LogP contribution >= 0.6 is 22.9 Å². The van der Waals surface area contributed by atoms with E-state index in [1.165, 1.54) is 11.1 Å². The van der Waals surface area contributed by atoms with Crippen LogP contribution in [0.1, 0.15) is 36.9 Å². The molecule has 2 heterocycles. The maximum absolute atomic E-state index is 5.95. The second-order valence-electron chi connectivity index (χ2n) is 7.34. The third kappa shape index (κ3) is 3.37. The Morgan fingerprint density at radius 3 is 2.31 bits per heavy atom. The molecule has 0 bridgehead atoms. The molecule has 2 aromatic heterocycles. The predicted octanol–water partition coefficient (Wildman–Crippen LogP) is 5.39. The highest BCUT2D eigenvalue weighted by Crippen LogP contribution is 2.27. The lowest BCUT2D eigenvalue weighted by atomic mass is 9.87. The average molecular weight is 383 g/mol. The first-order chi connectivity index (χ1) is 12.4. The summed E-state index contributed by atoms with van der Waals surface area (Å²) in [5.74, 6) is 0.777. The van der Waals surface area contributed by atoms with Gasteiger partial charge in [-0.3, -0.25) is 0 Å². The highest BCUT2D eigenvalue weighted by atomic mass is 35.5. The number of nitrogens with zero attached hydrogens (tertiary/aromatic N) is 4. The van der Waals surface area contributed by atoms with E-state index in [1.54, 1.807) is 11.3 Å². The van der Waals surface area contributed by atoms with Crippen LogP contribution in [-0.2, 0) is 11.8 Å². The van der Waals surface area contributed by atoms with E-state index in [0.717, 1.165) is 32.8 Å². The molecule has 6 heteroatoms. The standard InChI is InChI=1S/C20H19ClN4S/c1-20(2,3)15-8-6-14(7-9-15)18-22-23-19-25(18)24-17(26-19)12-13-4-10-16(21)11-5-13/h4-11H,12H2,1-3H3. The number of hydrogen-bond donors (Lipinski definition) is 0. The van der Waals surface area contributed by atoms with Crippen molar-refractivity contribution in [2.24, 2.45) is 0 Å². The van der Waals surface area contributed by atoms with Crippen molar-refractivity contribution < 1.29 is 0 Å². The molecule has 4 rings (SSSR count). The largest absolute Gasteiger partial charge is 0.234 e. The minimum atomic E-state index is 0.130. The normalized spacial score (nSPS) is 12.0. The molecule has 0 unspecified atom stereocenters. The van der Waals surface area contributed by atoms with Crippen LogP contribution in [0.2, 0.25) is 5.02 Å². The number of rotatable bonds is 3.